The summed E-state index contributed by atoms with van der Waals surface area (Å²) >= 11 is 0. The molecule has 11 nitrogen and oxygen atoms in total. The molecule has 2 amide bonds. The van der Waals surface area contributed by atoms with Gasteiger partial charge in [-0.2, -0.15) is 0 Å². The Labute approximate surface area is 324 Å². The molecule has 0 spiro atoms. The van der Waals surface area contributed by atoms with E-state index in [1.54, 1.807) is 41.4 Å². The Kier molecular flexibility index (Phi) is 11.2. The van der Waals surface area contributed by atoms with Gasteiger partial charge >= 0.3 is 0 Å². The molecule has 2 aliphatic heterocycles. The normalized spacial score (nSPS) is 15.0. The third kappa shape index (κ3) is 7.29. The van der Waals surface area contributed by atoms with E-state index in [4.69, 9.17) is 18.9 Å². The van der Waals surface area contributed by atoms with Crippen molar-refractivity contribution >= 4 is 39.7 Å². The Balaban J connectivity index is 1.28. The highest BCUT2D eigenvalue weighted by molar-refractivity contribution is 6.11. The summed E-state index contributed by atoms with van der Waals surface area (Å²) in [4.78, 5) is 36.6. The summed E-state index contributed by atoms with van der Waals surface area (Å²) in [7, 11) is 4.36. The van der Waals surface area contributed by atoms with Crippen molar-refractivity contribution in [3.8, 4) is 28.7 Å². The predicted molar refractivity (Wildman–Crippen MR) is 201 cm³/mol. The number of hydrogen-bond acceptors (Lipinski definition) is 8. The van der Waals surface area contributed by atoms with E-state index in [1.807, 2.05) is 16.4 Å². The predicted octanol–water partition coefficient (Wildman–Crippen LogP) is 6.57. The first-order chi connectivity index (χ1) is 27.5. The number of hydrogen-bond donors (Lipinski definition) is 0. The summed E-state index contributed by atoms with van der Waals surface area (Å²) in [5.41, 5.74) is 1.50. The minimum Gasteiger partial charge on any atom is -0.493 e. The van der Waals surface area contributed by atoms with Gasteiger partial charge in [-0.05, 0) is 50.1 Å². The van der Waals surface area contributed by atoms with Gasteiger partial charge < -0.3 is 33.3 Å². The number of piperazine rings is 1. The number of carbonyl (C=O) groups excluding carboxylic acids is 2. The Morgan fingerprint density at radius 2 is 1.44 bits per heavy atom. The third-order valence-corrected chi connectivity index (χ3v) is 10.5. The van der Waals surface area contributed by atoms with Crippen molar-refractivity contribution in [2.24, 2.45) is 0 Å². The summed E-state index contributed by atoms with van der Waals surface area (Å²) in [6, 6.07) is 8.27. The topological polar surface area (TPSA) is 98.6 Å². The van der Waals surface area contributed by atoms with Crippen molar-refractivity contribution < 1.29 is 50.5 Å². The molecule has 16 heteroatoms. The van der Waals surface area contributed by atoms with Crippen LogP contribution in [0.2, 0.25) is 0 Å². The second kappa shape index (κ2) is 16.3. The summed E-state index contributed by atoms with van der Waals surface area (Å²) < 4.78 is 95.7. The molecule has 0 radical (unpaired) electrons. The van der Waals surface area contributed by atoms with E-state index in [0.29, 0.717) is 71.8 Å². The van der Waals surface area contributed by atoms with Crippen LogP contribution in [-0.2, 0) is 16.2 Å². The van der Waals surface area contributed by atoms with Crippen LogP contribution in [-0.4, -0.2) is 103 Å². The fourth-order valence-corrected chi connectivity index (χ4v) is 7.53. The Morgan fingerprint density at radius 1 is 0.772 bits per heavy atom. The SMILES string of the molecule is COc1cc(/C=C/C(=O)N2CCN(CC(=O)N3CCCC3)CC2)c(-n2c3cc(OCc4c(F)c(F)c(F)c(F)c4F)ccc3c3ccnc(C)c32)c(OC)c1OC. The van der Waals surface area contributed by atoms with Gasteiger partial charge in [-0.3, -0.25) is 19.5 Å². The monoisotopic (exact) mass is 793 g/mol. The van der Waals surface area contributed by atoms with Gasteiger partial charge in [-0.25, -0.2) is 22.0 Å². The fourth-order valence-electron chi connectivity index (χ4n) is 7.53. The highest BCUT2D eigenvalue weighted by atomic mass is 19.2. The summed E-state index contributed by atoms with van der Waals surface area (Å²) in [6.45, 7) is 4.72. The van der Waals surface area contributed by atoms with Crippen LogP contribution in [0.5, 0.6) is 23.0 Å². The number of rotatable bonds is 11. The number of aromatic nitrogens is 2. The molecule has 300 valence electrons. The number of nitrogens with zero attached hydrogens (tertiary/aromatic N) is 5. The van der Waals surface area contributed by atoms with Gasteiger partial charge in [-0.1, -0.05) is 0 Å². The minimum atomic E-state index is -2.26. The molecule has 5 aromatic rings. The van der Waals surface area contributed by atoms with Crippen LogP contribution in [0.3, 0.4) is 0 Å². The Morgan fingerprint density at radius 3 is 2.09 bits per heavy atom. The molecular weight excluding hydrogens is 753 g/mol. The molecular formula is C41H40F5N5O6. The molecule has 0 saturated carbocycles. The number of likely N-dealkylation sites (tertiary alicyclic amines) is 1. The van der Waals surface area contributed by atoms with Crippen LogP contribution >= 0.6 is 0 Å². The van der Waals surface area contributed by atoms with Crippen molar-refractivity contribution in [2.75, 3.05) is 67.1 Å². The number of methoxy groups -OCH3 is 3. The quantitative estimate of drug-likeness (QED) is 0.0642. The maximum absolute atomic E-state index is 14.6. The number of halogens is 5. The van der Waals surface area contributed by atoms with Crippen LogP contribution in [0.25, 0.3) is 33.6 Å². The fraction of sp³-hybridized carbons (Fsp3) is 0.341. The third-order valence-electron chi connectivity index (χ3n) is 10.5. The van der Waals surface area contributed by atoms with Crippen molar-refractivity contribution in [1.29, 1.82) is 0 Å². The Hall–Kier alpha value is -5.90. The lowest BCUT2D eigenvalue weighted by molar-refractivity contribution is -0.132. The second-order valence-electron chi connectivity index (χ2n) is 13.7. The molecule has 3 aromatic carbocycles. The van der Waals surface area contributed by atoms with Gasteiger partial charge in [0.05, 0.1) is 50.2 Å². The van der Waals surface area contributed by atoms with Crippen LogP contribution in [0.1, 0.15) is 29.7 Å². The largest absolute Gasteiger partial charge is 0.493 e. The second-order valence-corrected chi connectivity index (χ2v) is 13.7. The van der Waals surface area contributed by atoms with Crippen LogP contribution < -0.4 is 18.9 Å². The molecule has 2 saturated heterocycles. The Bertz CT molecular complexity index is 2380. The van der Waals surface area contributed by atoms with E-state index < -0.39 is 41.3 Å². The van der Waals surface area contributed by atoms with Crippen molar-refractivity contribution in [1.82, 2.24) is 24.3 Å². The zero-order chi connectivity index (χ0) is 40.5. The van der Waals surface area contributed by atoms with Gasteiger partial charge in [-0.15, -0.1) is 0 Å². The van der Waals surface area contributed by atoms with Crippen molar-refractivity contribution in [2.45, 2.75) is 26.4 Å². The van der Waals surface area contributed by atoms with E-state index in [2.05, 4.69) is 9.88 Å². The number of ether oxygens (including phenoxy) is 4. The molecule has 2 fully saturated rings. The maximum Gasteiger partial charge on any atom is 0.246 e. The molecule has 57 heavy (non-hydrogen) atoms. The molecule has 0 atom stereocenters. The van der Waals surface area contributed by atoms with Gasteiger partial charge in [0.2, 0.25) is 23.4 Å². The smallest absolute Gasteiger partial charge is 0.246 e. The van der Waals surface area contributed by atoms with E-state index in [1.165, 1.54) is 33.5 Å². The van der Waals surface area contributed by atoms with Crippen LogP contribution in [0.4, 0.5) is 22.0 Å². The molecule has 0 N–H and O–H groups in total. The molecule has 0 aliphatic carbocycles. The van der Waals surface area contributed by atoms with Gasteiger partial charge in [0.1, 0.15) is 18.0 Å². The van der Waals surface area contributed by atoms with E-state index in [9.17, 15) is 31.5 Å². The van der Waals surface area contributed by atoms with E-state index >= 15 is 0 Å². The molecule has 0 unspecified atom stereocenters. The minimum absolute atomic E-state index is 0.0501. The van der Waals surface area contributed by atoms with Gasteiger partial charge in [0, 0.05) is 73.9 Å². The summed E-state index contributed by atoms with van der Waals surface area (Å²) in [5.74, 6) is -9.68. The van der Waals surface area contributed by atoms with E-state index in [-0.39, 0.29) is 29.1 Å². The molecule has 4 heterocycles. The van der Waals surface area contributed by atoms with Crippen LogP contribution in [0.15, 0.2) is 42.6 Å². The number of fused-ring (bicyclic) bond motifs is 3. The molecule has 2 aromatic heterocycles. The number of carbonyl (C=O) groups is 2. The summed E-state index contributed by atoms with van der Waals surface area (Å²) in [5, 5.41) is 1.45. The average Bonchev–Trinajstić information content (AvgIpc) is 3.88. The first kappa shape index (κ1) is 39.3. The highest BCUT2D eigenvalue weighted by Crippen LogP contribution is 2.47. The first-order valence-corrected chi connectivity index (χ1v) is 18.3. The zero-order valence-corrected chi connectivity index (χ0v) is 31.8. The lowest BCUT2D eigenvalue weighted by Crippen LogP contribution is -2.51. The molecule has 0 bridgehead atoms. The summed E-state index contributed by atoms with van der Waals surface area (Å²) in [6.07, 6.45) is 6.77. The van der Waals surface area contributed by atoms with Gasteiger partial charge in [0.15, 0.2) is 34.8 Å². The van der Waals surface area contributed by atoms with Gasteiger partial charge in [0.25, 0.3) is 0 Å². The number of pyridine rings is 1. The first-order valence-electron chi connectivity index (χ1n) is 18.3. The molecule has 7 rings (SSSR count). The molecule has 2 aliphatic rings. The lowest BCUT2D eigenvalue weighted by Gasteiger charge is -2.34. The van der Waals surface area contributed by atoms with Crippen molar-refractivity contribution in [3.63, 3.8) is 0 Å². The van der Waals surface area contributed by atoms with Crippen molar-refractivity contribution in [3.05, 3.63) is 88.5 Å². The average molecular weight is 794 g/mol. The number of aryl methyl sites for hydroxylation is 1. The number of amides is 2. The highest BCUT2D eigenvalue weighted by Gasteiger charge is 2.29. The van der Waals surface area contributed by atoms with E-state index in [0.717, 1.165) is 31.3 Å². The standard InChI is InChI=1S/C41H40F5N5O6/c1-23-38-27(11-12-47-23)26-9-8-25(57-22-28-33(42)35(44)37(46)36(45)34(28)43)20-29(26)51(38)39-24(19-30(54-2)40(55-3)41(39)56-4)7-10-31(52)50-17-15-48(16-18-50)21-32(53)49-13-5-6-14-49/h7-12,19-20H,5-6,13-18,21-22H2,1-4H3/b10-7+. The van der Waals surface area contributed by atoms with Crippen LogP contribution in [0, 0.1) is 36.0 Å². The maximum atomic E-state index is 14.6. The lowest BCUT2D eigenvalue weighted by atomic mass is 10.1. The number of benzene rings is 3. The zero-order valence-electron chi connectivity index (χ0n) is 31.8.